The summed E-state index contributed by atoms with van der Waals surface area (Å²) in [7, 11) is 3.29. The van der Waals surface area contributed by atoms with E-state index in [0.717, 1.165) is 15.5 Å². The van der Waals surface area contributed by atoms with Gasteiger partial charge in [0.05, 0.1) is 25.9 Å². The van der Waals surface area contributed by atoms with E-state index in [1.165, 1.54) is 30.6 Å². The number of esters is 1. The van der Waals surface area contributed by atoms with Crippen molar-refractivity contribution < 1.29 is 19.0 Å². The molecule has 166 valence electrons. The lowest BCUT2D eigenvalue weighted by molar-refractivity contribution is -0.144. The third-order valence-corrected chi connectivity index (χ3v) is 9.88. The highest BCUT2D eigenvalue weighted by molar-refractivity contribution is 8.00. The first kappa shape index (κ1) is 20.9. The minimum Gasteiger partial charge on any atom is -0.493 e. The average Bonchev–Trinajstić information content (AvgIpc) is 3.46. The molecular formula is C23H27NO5S2. The summed E-state index contributed by atoms with van der Waals surface area (Å²) in [5.41, 5.74) is 1.16. The predicted octanol–water partition coefficient (Wildman–Crippen LogP) is 4.14. The van der Waals surface area contributed by atoms with Crippen LogP contribution in [0.4, 0.5) is 0 Å². The Balaban J connectivity index is 1.62. The first-order valence-corrected chi connectivity index (χ1v) is 12.5. The van der Waals surface area contributed by atoms with Crippen molar-refractivity contribution in [2.24, 2.45) is 17.8 Å². The molecule has 2 bridgehead atoms. The lowest BCUT2D eigenvalue weighted by Crippen LogP contribution is -2.34. The van der Waals surface area contributed by atoms with E-state index >= 15 is 0 Å². The largest absolute Gasteiger partial charge is 0.493 e. The fourth-order valence-corrected chi connectivity index (χ4v) is 8.99. The minimum atomic E-state index is -0.358. The first-order chi connectivity index (χ1) is 15.0. The number of nitrogens with zero attached hydrogens (tertiary/aromatic N) is 1. The van der Waals surface area contributed by atoms with Crippen LogP contribution in [-0.2, 0) is 16.1 Å². The van der Waals surface area contributed by atoms with Gasteiger partial charge in [-0.3, -0.25) is 14.2 Å². The van der Waals surface area contributed by atoms with Gasteiger partial charge in [0.2, 0.25) is 0 Å². The normalized spacial score (nSPS) is 28.2. The molecule has 3 aliphatic rings. The van der Waals surface area contributed by atoms with Crippen molar-refractivity contribution in [2.75, 3.05) is 20.8 Å². The van der Waals surface area contributed by atoms with E-state index in [1.807, 2.05) is 17.8 Å². The van der Waals surface area contributed by atoms with Crippen molar-refractivity contribution in [3.8, 4) is 11.5 Å². The van der Waals surface area contributed by atoms with Gasteiger partial charge < -0.3 is 14.2 Å². The molecule has 2 aromatic rings. The molecule has 1 aromatic carbocycles. The third-order valence-electron chi connectivity index (χ3n) is 7.05. The Labute approximate surface area is 189 Å². The number of carbonyl (C=O) groups excluding carboxylic acids is 1. The van der Waals surface area contributed by atoms with E-state index in [9.17, 15) is 9.59 Å². The Morgan fingerprint density at radius 2 is 1.94 bits per heavy atom. The van der Waals surface area contributed by atoms with Gasteiger partial charge in [0.15, 0.2) is 11.5 Å². The van der Waals surface area contributed by atoms with E-state index in [-0.39, 0.29) is 23.3 Å². The van der Waals surface area contributed by atoms with Crippen molar-refractivity contribution in [1.29, 1.82) is 0 Å². The van der Waals surface area contributed by atoms with E-state index in [2.05, 4.69) is 12.1 Å². The van der Waals surface area contributed by atoms with Crippen LogP contribution in [0.3, 0.4) is 0 Å². The summed E-state index contributed by atoms with van der Waals surface area (Å²) in [6.45, 7) is 2.08. The SMILES string of the molecule is CCOC(=O)Cn1c2c(sc1=O)[C@H](c1ccc(OC)c(OC)c1)C1C3CCC(C3)C1S2. The van der Waals surface area contributed by atoms with Crippen LogP contribution < -0.4 is 14.3 Å². The van der Waals surface area contributed by atoms with Crippen molar-refractivity contribution in [3.05, 3.63) is 38.3 Å². The Kier molecular flexibility index (Phi) is 5.54. The molecule has 0 saturated heterocycles. The number of methoxy groups -OCH3 is 2. The number of thioether (sulfide) groups is 1. The summed E-state index contributed by atoms with van der Waals surface area (Å²) < 4.78 is 17.8. The first-order valence-electron chi connectivity index (χ1n) is 10.8. The number of benzene rings is 1. The molecule has 0 radical (unpaired) electrons. The molecule has 0 amide bonds. The molecular weight excluding hydrogens is 434 g/mol. The maximum atomic E-state index is 13.0. The van der Waals surface area contributed by atoms with Gasteiger partial charge in [0.1, 0.15) is 6.54 Å². The number of aromatic nitrogens is 1. The fraction of sp³-hybridized carbons (Fsp3) is 0.565. The molecule has 2 aliphatic carbocycles. The van der Waals surface area contributed by atoms with Crippen LogP contribution in [0.5, 0.6) is 11.5 Å². The molecule has 5 atom stereocenters. The van der Waals surface area contributed by atoms with Crippen LogP contribution in [-0.4, -0.2) is 36.6 Å². The quantitative estimate of drug-likeness (QED) is 0.603. The summed E-state index contributed by atoms with van der Waals surface area (Å²) in [6, 6.07) is 6.12. The molecule has 2 saturated carbocycles. The number of carbonyl (C=O) groups is 1. The maximum Gasteiger partial charge on any atom is 0.326 e. The predicted molar refractivity (Wildman–Crippen MR) is 121 cm³/mol. The molecule has 31 heavy (non-hydrogen) atoms. The van der Waals surface area contributed by atoms with Crippen LogP contribution >= 0.6 is 23.1 Å². The van der Waals surface area contributed by atoms with Gasteiger partial charge in [-0.25, -0.2) is 0 Å². The Morgan fingerprint density at radius 1 is 1.16 bits per heavy atom. The highest BCUT2D eigenvalue weighted by Crippen LogP contribution is 2.64. The highest BCUT2D eigenvalue weighted by Gasteiger charge is 2.55. The molecule has 4 unspecified atom stereocenters. The van der Waals surface area contributed by atoms with Crippen molar-refractivity contribution in [2.45, 2.75) is 48.9 Å². The average molecular weight is 462 g/mol. The molecule has 0 spiro atoms. The second kappa shape index (κ2) is 8.20. The molecule has 2 heterocycles. The van der Waals surface area contributed by atoms with E-state index in [4.69, 9.17) is 14.2 Å². The minimum absolute atomic E-state index is 0.0182. The van der Waals surface area contributed by atoms with Crippen LogP contribution in [0.2, 0.25) is 0 Å². The third kappa shape index (κ3) is 3.39. The summed E-state index contributed by atoms with van der Waals surface area (Å²) in [6.07, 6.45) is 3.80. The molecule has 1 aliphatic heterocycles. The fourth-order valence-electron chi connectivity index (χ4n) is 5.84. The summed E-state index contributed by atoms with van der Waals surface area (Å²) >= 11 is 3.11. The molecule has 2 fully saturated rings. The van der Waals surface area contributed by atoms with Gasteiger partial charge in [0.25, 0.3) is 0 Å². The van der Waals surface area contributed by atoms with Crippen molar-refractivity contribution >= 4 is 29.1 Å². The lowest BCUT2D eigenvalue weighted by atomic mass is 9.75. The monoisotopic (exact) mass is 461 g/mol. The number of thiazole rings is 1. The second-order valence-electron chi connectivity index (χ2n) is 8.51. The zero-order valence-corrected chi connectivity index (χ0v) is 19.6. The van der Waals surface area contributed by atoms with Crippen molar-refractivity contribution in [1.82, 2.24) is 4.57 Å². The lowest BCUT2D eigenvalue weighted by Gasteiger charge is -2.40. The smallest absolute Gasteiger partial charge is 0.326 e. The zero-order valence-electron chi connectivity index (χ0n) is 18.0. The highest BCUT2D eigenvalue weighted by atomic mass is 32.2. The molecule has 8 heteroatoms. The van der Waals surface area contributed by atoms with Crippen LogP contribution in [0.25, 0.3) is 0 Å². The van der Waals surface area contributed by atoms with E-state index < -0.39 is 0 Å². The molecule has 0 N–H and O–H groups in total. The van der Waals surface area contributed by atoms with Gasteiger partial charge in [-0.1, -0.05) is 17.4 Å². The number of hydrogen-bond donors (Lipinski definition) is 0. The van der Waals surface area contributed by atoms with Crippen LogP contribution in [0, 0.1) is 17.8 Å². The maximum absolute atomic E-state index is 13.0. The molecule has 6 nitrogen and oxygen atoms in total. The van der Waals surface area contributed by atoms with Gasteiger partial charge in [-0.05, 0) is 61.6 Å². The Morgan fingerprint density at radius 3 is 2.68 bits per heavy atom. The Bertz CT molecular complexity index is 1060. The van der Waals surface area contributed by atoms with Crippen LogP contribution in [0.15, 0.2) is 28.0 Å². The van der Waals surface area contributed by atoms with Gasteiger partial charge >= 0.3 is 10.8 Å². The molecule has 5 rings (SSSR count). The van der Waals surface area contributed by atoms with E-state index in [0.29, 0.717) is 41.1 Å². The number of hydrogen-bond acceptors (Lipinski definition) is 7. The number of ether oxygens (including phenoxy) is 3. The Hall–Kier alpha value is -1.93. The summed E-state index contributed by atoms with van der Waals surface area (Å²) in [5, 5.41) is 1.43. The summed E-state index contributed by atoms with van der Waals surface area (Å²) in [4.78, 5) is 26.2. The zero-order chi connectivity index (χ0) is 21.7. The van der Waals surface area contributed by atoms with Crippen LogP contribution in [0.1, 0.15) is 42.5 Å². The summed E-state index contributed by atoms with van der Waals surface area (Å²) in [5.74, 6) is 3.06. The number of fused-ring (bicyclic) bond motifs is 6. The number of rotatable bonds is 6. The van der Waals surface area contributed by atoms with Gasteiger partial charge in [-0.15, -0.1) is 11.8 Å². The van der Waals surface area contributed by atoms with Crippen molar-refractivity contribution in [3.63, 3.8) is 0 Å². The molecule has 1 aromatic heterocycles. The second-order valence-corrected chi connectivity index (χ2v) is 10.7. The van der Waals surface area contributed by atoms with Gasteiger partial charge in [-0.2, -0.15) is 0 Å². The van der Waals surface area contributed by atoms with Gasteiger partial charge in [0, 0.05) is 16.0 Å². The standard InChI is InChI=1S/C23H27NO5S2/c1-4-29-17(25)11-24-22-21(31-23(24)26)19(13-7-8-15(27-2)16(10-13)28-3)18-12-5-6-14(9-12)20(18)30-22/h7-8,10,12,14,18-20H,4-6,9,11H2,1-3H3/t12?,14?,18?,19-,20?/m1/s1. The topological polar surface area (TPSA) is 66.8 Å². The van der Waals surface area contributed by atoms with E-state index in [1.54, 1.807) is 25.7 Å².